The van der Waals surface area contributed by atoms with E-state index in [-0.39, 0.29) is 0 Å². The highest BCUT2D eigenvalue weighted by Crippen LogP contribution is 2.21. The van der Waals surface area contributed by atoms with Gasteiger partial charge in [-0.2, -0.15) is 0 Å². The molecule has 0 saturated carbocycles. The average molecular weight is 215 g/mol. The fraction of sp³-hybridized carbons (Fsp3) is 1.00. The molecule has 2 atom stereocenters. The standard InChI is InChI=1S/C13H29NO/c1-11(7-9-13(3,4)5)14-12(2)8-10-15-6/h11-12,14H,7-10H2,1-6H3. The van der Waals surface area contributed by atoms with Crippen molar-refractivity contribution in [3.63, 3.8) is 0 Å². The Bertz CT molecular complexity index is 151. The molecule has 0 rings (SSSR count). The van der Waals surface area contributed by atoms with Crippen LogP contribution in [0.15, 0.2) is 0 Å². The molecule has 0 spiro atoms. The van der Waals surface area contributed by atoms with Gasteiger partial charge in [0.2, 0.25) is 0 Å². The largest absolute Gasteiger partial charge is 0.385 e. The summed E-state index contributed by atoms with van der Waals surface area (Å²) in [6.45, 7) is 12.2. The third-order valence-corrected chi connectivity index (χ3v) is 2.65. The molecule has 0 aliphatic rings. The first-order chi connectivity index (χ1) is 6.85. The third kappa shape index (κ3) is 10.2. The van der Waals surface area contributed by atoms with Gasteiger partial charge in [0.1, 0.15) is 0 Å². The molecule has 0 amide bonds. The molecular formula is C13H29NO. The zero-order valence-corrected chi connectivity index (χ0v) is 11.4. The van der Waals surface area contributed by atoms with Gasteiger partial charge in [0.25, 0.3) is 0 Å². The lowest BCUT2D eigenvalue weighted by atomic mass is 9.89. The van der Waals surface area contributed by atoms with E-state index in [0.717, 1.165) is 13.0 Å². The summed E-state index contributed by atoms with van der Waals surface area (Å²) in [5.74, 6) is 0. The Kier molecular flexibility index (Phi) is 7.20. The molecule has 0 bridgehead atoms. The van der Waals surface area contributed by atoms with Crippen molar-refractivity contribution in [2.75, 3.05) is 13.7 Å². The molecule has 1 N–H and O–H groups in total. The molecule has 0 heterocycles. The van der Waals surface area contributed by atoms with Crippen molar-refractivity contribution < 1.29 is 4.74 Å². The van der Waals surface area contributed by atoms with Crippen molar-refractivity contribution in [1.82, 2.24) is 5.32 Å². The van der Waals surface area contributed by atoms with E-state index in [9.17, 15) is 0 Å². The van der Waals surface area contributed by atoms with Crippen LogP contribution in [0.4, 0.5) is 0 Å². The van der Waals surface area contributed by atoms with Crippen LogP contribution in [0.25, 0.3) is 0 Å². The summed E-state index contributed by atoms with van der Waals surface area (Å²) in [6, 6.07) is 1.16. The summed E-state index contributed by atoms with van der Waals surface area (Å²) in [5, 5.41) is 3.61. The molecule has 0 fully saturated rings. The normalized spacial score (nSPS) is 16.4. The number of ether oxygens (including phenoxy) is 1. The van der Waals surface area contributed by atoms with Gasteiger partial charge < -0.3 is 10.1 Å². The van der Waals surface area contributed by atoms with Gasteiger partial charge in [-0.3, -0.25) is 0 Å². The summed E-state index contributed by atoms with van der Waals surface area (Å²) in [5.41, 5.74) is 0.450. The van der Waals surface area contributed by atoms with Crippen molar-refractivity contribution in [3.8, 4) is 0 Å². The quantitative estimate of drug-likeness (QED) is 0.704. The summed E-state index contributed by atoms with van der Waals surface area (Å²) in [6.07, 6.45) is 3.62. The first-order valence-corrected chi connectivity index (χ1v) is 6.10. The van der Waals surface area contributed by atoms with E-state index in [1.165, 1.54) is 12.8 Å². The predicted octanol–water partition coefficient (Wildman–Crippen LogP) is 3.22. The van der Waals surface area contributed by atoms with E-state index in [4.69, 9.17) is 4.74 Å². The smallest absolute Gasteiger partial charge is 0.0476 e. The molecule has 0 aliphatic carbocycles. The summed E-state index contributed by atoms with van der Waals surface area (Å²) in [4.78, 5) is 0. The minimum Gasteiger partial charge on any atom is -0.385 e. The highest BCUT2D eigenvalue weighted by Gasteiger charge is 2.13. The highest BCUT2D eigenvalue weighted by atomic mass is 16.5. The van der Waals surface area contributed by atoms with E-state index in [2.05, 4.69) is 39.9 Å². The maximum Gasteiger partial charge on any atom is 0.0476 e. The second kappa shape index (κ2) is 7.24. The van der Waals surface area contributed by atoms with Crippen LogP contribution in [0.5, 0.6) is 0 Å². The predicted molar refractivity (Wildman–Crippen MR) is 67.2 cm³/mol. The fourth-order valence-electron chi connectivity index (χ4n) is 1.60. The topological polar surface area (TPSA) is 21.3 Å². The van der Waals surface area contributed by atoms with Crippen LogP contribution in [0.3, 0.4) is 0 Å². The molecule has 0 radical (unpaired) electrons. The number of nitrogens with one attached hydrogen (secondary N) is 1. The number of rotatable bonds is 7. The first-order valence-electron chi connectivity index (χ1n) is 6.10. The molecule has 0 aromatic heterocycles. The monoisotopic (exact) mass is 215 g/mol. The van der Waals surface area contributed by atoms with Gasteiger partial charge in [-0.15, -0.1) is 0 Å². The molecule has 15 heavy (non-hydrogen) atoms. The Balaban J connectivity index is 3.59. The summed E-state index contributed by atoms with van der Waals surface area (Å²) < 4.78 is 5.07. The van der Waals surface area contributed by atoms with Crippen molar-refractivity contribution in [1.29, 1.82) is 0 Å². The van der Waals surface area contributed by atoms with Crippen molar-refractivity contribution in [2.24, 2.45) is 5.41 Å². The van der Waals surface area contributed by atoms with Crippen LogP contribution < -0.4 is 5.32 Å². The van der Waals surface area contributed by atoms with Crippen LogP contribution in [0, 0.1) is 5.41 Å². The van der Waals surface area contributed by atoms with E-state index in [1.807, 2.05) is 0 Å². The molecule has 2 heteroatoms. The second-order valence-corrected chi connectivity index (χ2v) is 5.85. The lowest BCUT2D eigenvalue weighted by Crippen LogP contribution is -2.35. The van der Waals surface area contributed by atoms with Crippen LogP contribution in [-0.2, 0) is 4.74 Å². The Morgan fingerprint density at radius 2 is 1.60 bits per heavy atom. The number of methoxy groups -OCH3 is 1. The van der Waals surface area contributed by atoms with Crippen LogP contribution in [-0.4, -0.2) is 25.8 Å². The molecule has 0 aliphatic heterocycles. The van der Waals surface area contributed by atoms with Gasteiger partial charge in [0.05, 0.1) is 0 Å². The van der Waals surface area contributed by atoms with Gasteiger partial charge in [0.15, 0.2) is 0 Å². The molecule has 2 nitrogen and oxygen atoms in total. The average Bonchev–Trinajstić information content (AvgIpc) is 2.10. The van der Waals surface area contributed by atoms with Crippen LogP contribution in [0.1, 0.15) is 53.9 Å². The summed E-state index contributed by atoms with van der Waals surface area (Å²) >= 11 is 0. The van der Waals surface area contributed by atoms with E-state index in [1.54, 1.807) is 7.11 Å². The van der Waals surface area contributed by atoms with Crippen molar-refractivity contribution in [2.45, 2.75) is 66.0 Å². The van der Waals surface area contributed by atoms with Crippen LogP contribution >= 0.6 is 0 Å². The lowest BCUT2D eigenvalue weighted by molar-refractivity contribution is 0.182. The minimum absolute atomic E-state index is 0.450. The highest BCUT2D eigenvalue weighted by molar-refractivity contribution is 4.71. The van der Waals surface area contributed by atoms with Gasteiger partial charge in [0, 0.05) is 25.8 Å². The third-order valence-electron chi connectivity index (χ3n) is 2.65. The maximum atomic E-state index is 5.07. The van der Waals surface area contributed by atoms with E-state index >= 15 is 0 Å². The Morgan fingerprint density at radius 3 is 2.07 bits per heavy atom. The van der Waals surface area contributed by atoms with Crippen molar-refractivity contribution >= 4 is 0 Å². The van der Waals surface area contributed by atoms with Gasteiger partial charge in [-0.05, 0) is 38.5 Å². The fourth-order valence-corrected chi connectivity index (χ4v) is 1.60. The van der Waals surface area contributed by atoms with Crippen LogP contribution in [0.2, 0.25) is 0 Å². The zero-order chi connectivity index (χ0) is 11.9. The van der Waals surface area contributed by atoms with Gasteiger partial charge >= 0.3 is 0 Å². The molecule has 0 saturated heterocycles. The minimum atomic E-state index is 0.450. The van der Waals surface area contributed by atoms with Crippen molar-refractivity contribution in [3.05, 3.63) is 0 Å². The Morgan fingerprint density at radius 1 is 1.07 bits per heavy atom. The van der Waals surface area contributed by atoms with Gasteiger partial charge in [-0.1, -0.05) is 20.8 Å². The number of hydrogen-bond donors (Lipinski definition) is 1. The van der Waals surface area contributed by atoms with E-state index in [0.29, 0.717) is 17.5 Å². The number of hydrogen-bond acceptors (Lipinski definition) is 2. The molecule has 0 aromatic carbocycles. The summed E-state index contributed by atoms with van der Waals surface area (Å²) in [7, 11) is 1.76. The SMILES string of the molecule is COCCC(C)NC(C)CCC(C)(C)C. The zero-order valence-electron chi connectivity index (χ0n) is 11.4. The Labute approximate surface area is 95.8 Å². The van der Waals surface area contributed by atoms with Gasteiger partial charge in [-0.25, -0.2) is 0 Å². The molecule has 92 valence electrons. The maximum absolute atomic E-state index is 5.07. The molecule has 2 unspecified atom stereocenters. The van der Waals surface area contributed by atoms with E-state index < -0.39 is 0 Å². The molecule has 0 aromatic rings. The lowest BCUT2D eigenvalue weighted by Gasteiger charge is -2.24. The Hall–Kier alpha value is -0.0800. The molecular weight excluding hydrogens is 186 g/mol. The second-order valence-electron chi connectivity index (χ2n) is 5.85. The first kappa shape index (κ1) is 14.9.